The van der Waals surface area contributed by atoms with E-state index in [1.807, 2.05) is 34.0 Å². The molecule has 3 fully saturated rings. The molecule has 3 aliphatic carbocycles. The summed E-state index contributed by atoms with van der Waals surface area (Å²) in [5.74, 6) is 0.249. The number of carbonyl (C=O) groups is 2. The molecule has 0 aromatic carbocycles. The summed E-state index contributed by atoms with van der Waals surface area (Å²) < 4.78 is 32.7. The molecule has 3 atom stereocenters. The molecule has 3 rings (SSSR count). The number of ketones is 2. The van der Waals surface area contributed by atoms with Crippen molar-refractivity contribution in [3.05, 3.63) is 0 Å². The third-order valence-electron chi connectivity index (χ3n) is 8.15. The molecule has 5 nitrogen and oxygen atoms in total. The Morgan fingerprint density at radius 3 is 2.24 bits per heavy atom. The second-order valence-corrected chi connectivity index (χ2v) is 15.6. The molecular formula is C22H38O5S2. The van der Waals surface area contributed by atoms with E-state index in [9.17, 15) is 18.0 Å². The van der Waals surface area contributed by atoms with Crippen molar-refractivity contribution in [2.75, 3.05) is 17.8 Å². The second-order valence-electron chi connectivity index (χ2n) is 10.5. The zero-order valence-electron chi connectivity index (χ0n) is 18.7. The molecule has 29 heavy (non-hydrogen) atoms. The summed E-state index contributed by atoms with van der Waals surface area (Å²) in [4.78, 5) is 25.4. The maximum Gasteiger partial charge on any atom is 0.277 e. The van der Waals surface area contributed by atoms with Crippen LogP contribution < -0.4 is 0 Å². The predicted molar refractivity (Wildman–Crippen MR) is 119 cm³/mol. The highest BCUT2D eigenvalue weighted by atomic mass is 32.3. The number of carbonyl (C=O) groups excluding carboxylic acids is 2. The van der Waals surface area contributed by atoms with Crippen LogP contribution in [0.5, 0.6) is 0 Å². The molecule has 3 saturated carbocycles. The van der Waals surface area contributed by atoms with Gasteiger partial charge in [-0.05, 0) is 43.3 Å². The van der Waals surface area contributed by atoms with Gasteiger partial charge in [-0.1, -0.05) is 47.0 Å². The van der Waals surface area contributed by atoms with Gasteiger partial charge in [0.2, 0.25) is 0 Å². The Bertz CT molecular complexity index is 766. The normalized spacial score (nSPS) is 33.0. The molecule has 3 unspecified atom stereocenters. The molecule has 0 radical (unpaired) electrons. The van der Waals surface area contributed by atoms with Crippen molar-refractivity contribution in [1.29, 1.82) is 0 Å². The van der Waals surface area contributed by atoms with Gasteiger partial charge in [0.25, 0.3) is 10.1 Å². The number of hydrogen-bond acceptors (Lipinski definition) is 5. The third kappa shape index (κ3) is 4.20. The highest BCUT2D eigenvalue weighted by Gasteiger charge is 2.65. The average molecular weight is 447 g/mol. The van der Waals surface area contributed by atoms with E-state index in [0.29, 0.717) is 12.8 Å². The van der Waals surface area contributed by atoms with Crippen LogP contribution in [0, 0.1) is 22.7 Å². The van der Waals surface area contributed by atoms with Gasteiger partial charge in [0.1, 0.15) is 11.6 Å². The van der Waals surface area contributed by atoms with Crippen LogP contribution in [0.25, 0.3) is 0 Å². The molecule has 0 saturated heterocycles. The van der Waals surface area contributed by atoms with Crippen molar-refractivity contribution in [3.63, 3.8) is 0 Å². The number of Topliss-reactive ketones (excluding diaryl/α,β-unsaturated/α-hetero) is 2. The standard InChI is InChI=1S/C22H38O5S2/c1-16(2)19(23)14-28(5,18-9-7-6-8-10-18)27-29(25,26)15-22-12-11-17(13-20(22)24)21(22,3)4/h16-18H,6-15H2,1-5H3. The Labute approximate surface area is 178 Å². The molecule has 0 aliphatic heterocycles. The van der Waals surface area contributed by atoms with E-state index in [1.54, 1.807) is 0 Å². The van der Waals surface area contributed by atoms with Gasteiger partial charge >= 0.3 is 0 Å². The van der Waals surface area contributed by atoms with E-state index in [1.165, 1.54) is 0 Å². The fourth-order valence-electron chi connectivity index (χ4n) is 5.88. The largest absolute Gasteiger partial charge is 0.299 e. The first-order chi connectivity index (χ1) is 13.3. The van der Waals surface area contributed by atoms with E-state index in [4.69, 9.17) is 3.63 Å². The minimum absolute atomic E-state index is 0.0691. The van der Waals surface area contributed by atoms with Crippen molar-refractivity contribution < 1.29 is 21.6 Å². The molecule has 0 amide bonds. The van der Waals surface area contributed by atoms with Gasteiger partial charge in [-0.2, -0.15) is 8.42 Å². The van der Waals surface area contributed by atoms with Crippen LogP contribution in [0.4, 0.5) is 0 Å². The van der Waals surface area contributed by atoms with Crippen molar-refractivity contribution in [1.82, 2.24) is 0 Å². The van der Waals surface area contributed by atoms with E-state index < -0.39 is 25.8 Å². The summed E-state index contributed by atoms with van der Waals surface area (Å²) >= 11 is 0. The van der Waals surface area contributed by atoms with Gasteiger partial charge in [0.05, 0.1) is 16.9 Å². The SMILES string of the molecule is CC(C)C(=O)CS(C)(OS(=O)(=O)CC12CCC(CC1=O)C2(C)C)C1CCCCC1. The van der Waals surface area contributed by atoms with Gasteiger partial charge in [-0.3, -0.25) is 9.59 Å². The van der Waals surface area contributed by atoms with Crippen molar-refractivity contribution in [3.8, 4) is 0 Å². The summed E-state index contributed by atoms with van der Waals surface area (Å²) in [6.45, 7) is 7.80. The van der Waals surface area contributed by atoms with Gasteiger partial charge in [-0.15, -0.1) is 10.3 Å². The van der Waals surface area contributed by atoms with Crippen LogP contribution in [0.15, 0.2) is 0 Å². The first kappa shape index (κ1) is 23.3. The molecule has 3 aliphatic rings. The summed E-state index contributed by atoms with van der Waals surface area (Å²) in [6, 6.07) is 0. The highest BCUT2D eigenvalue weighted by molar-refractivity contribution is 8.33. The summed E-state index contributed by atoms with van der Waals surface area (Å²) in [6.07, 6.45) is 9.03. The molecule has 0 aromatic heterocycles. The zero-order chi connectivity index (χ0) is 21.7. The quantitative estimate of drug-likeness (QED) is 0.543. The van der Waals surface area contributed by atoms with Crippen LogP contribution in [0.2, 0.25) is 0 Å². The van der Waals surface area contributed by atoms with Gasteiger partial charge < -0.3 is 0 Å². The first-order valence-electron chi connectivity index (χ1n) is 11.1. The number of hydrogen-bond donors (Lipinski definition) is 0. The molecule has 0 spiro atoms. The summed E-state index contributed by atoms with van der Waals surface area (Å²) in [7, 11) is -6.04. The molecule has 0 heterocycles. The molecule has 0 N–H and O–H groups in total. The van der Waals surface area contributed by atoms with Crippen molar-refractivity contribution >= 4 is 32.0 Å². The van der Waals surface area contributed by atoms with E-state index in [0.717, 1.165) is 38.5 Å². The highest BCUT2D eigenvalue weighted by Crippen LogP contribution is 2.65. The van der Waals surface area contributed by atoms with Gasteiger partial charge in [0.15, 0.2) is 0 Å². The Hall–Kier alpha value is -0.400. The average Bonchev–Trinajstić information content (AvgIpc) is 2.95. The lowest BCUT2D eigenvalue weighted by molar-refractivity contribution is -0.128. The smallest absolute Gasteiger partial charge is 0.277 e. The topological polar surface area (TPSA) is 77.5 Å². The molecule has 2 bridgehead atoms. The summed E-state index contributed by atoms with van der Waals surface area (Å²) in [5.41, 5.74) is -1.14. The Kier molecular flexibility index (Phi) is 6.37. The minimum atomic E-state index is -3.93. The van der Waals surface area contributed by atoms with Crippen molar-refractivity contribution in [2.24, 2.45) is 22.7 Å². The second kappa shape index (κ2) is 7.94. The lowest BCUT2D eigenvalue weighted by Crippen LogP contribution is -2.43. The van der Waals surface area contributed by atoms with E-state index in [2.05, 4.69) is 0 Å². The van der Waals surface area contributed by atoms with Gasteiger partial charge in [0, 0.05) is 17.6 Å². The van der Waals surface area contributed by atoms with Crippen molar-refractivity contribution in [2.45, 2.75) is 84.3 Å². The Morgan fingerprint density at radius 2 is 1.76 bits per heavy atom. The Balaban J connectivity index is 1.86. The predicted octanol–water partition coefficient (Wildman–Crippen LogP) is 4.64. The van der Waals surface area contributed by atoms with E-state index in [-0.39, 0.29) is 45.6 Å². The zero-order valence-corrected chi connectivity index (χ0v) is 20.3. The van der Waals surface area contributed by atoms with Crippen LogP contribution >= 0.6 is 10.3 Å². The lowest BCUT2D eigenvalue weighted by Gasteiger charge is -2.44. The first-order valence-corrected chi connectivity index (χ1v) is 14.9. The monoisotopic (exact) mass is 446 g/mol. The number of rotatable bonds is 8. The number of fused-ring (bicyclic) bond motifs is 2. The van der Waals surface area contributed by atoms with Crippen LogP contribution in [0.3, 0.4) is 0 Å². The maximum absolute atomic E-state index is 13.3. The molecular weight excluding hydrogens is 408 g/mol. The van der Waals surface area contributed by atoms with Crippen LogP contribution in [0.1, 0.15) is 79.1 Å². The van der Waals surface area contributed by atoms with E-state index >= 15 is 0 Å². The minimum Gasteiger partial charge on any atom is -0.299 e. The molecule has 168 valence electrons. The maximum atomic E-state index is 13.3. The van der Waals surface area contributed by atoms with Gasteiger partial charge in [-0.25, -0.2) is 3.63 Å². The molecule has 0 aromatic rings. The fraction of sp³-hybridized carbons (Fsp3) is 0.909. The third-order valence-corrected chi connectivity index (χ3v) is 13.8. The lowest BCUT2D eigenvalue weighted by atomic mass is 9.70. The molecule has 7 heteroatoms. The fourth-order valence-corrected chi connectivity index (χ4v) is 12.4. The van der Waals surface area contributed by atoms with Crippen LogP contribution in [-0.4, -0.2) is 43.0 Å². The summed E-state index contributed by atoms with van der Waals surface area (Å²) in [5, 5.41) is 0.134. The van der Waals surface area contributed by atoms with Crippen LogP contribution in [-0.2, 0) is 23.3 Å². The Morgan fingerprint density at radius 1 is 1.14 bits per heavy atom.